The first kappa shape index (κ1) is 24.2. The fraction of sp³-hybridized carbons (Fsp3) is 0.400. The zero-order valence-corrected chi connectivity index (χ0v) is 20.0. The van der Waals surface area contributed by atoms with Crippen molar-refractivity contribution >= 4 is 34.6 Å². The predicted octanol–water partition coefficient (Wildman–Crippen LogP) is 5.30. The summed E-state index contributed by atoms with van der Waals surface area (Å²) in [6, 6.07) is 12.7. The second-order valence-electron chi connectivity index (χ2n) is 9.33. The number of thiocarbonyl (C=S) groups is 1. The third-order valence-corrected chi connectivity index (χ3v) is 7.06. The number of benzene rings is 2. The van der Waals surface area contributed by atoms with Crippen LogP contribution in [0.4, 0.5) is 24.5 Å². The van der Waals surface area contributed by atoms with Gasteiger partial charge in [0.05, 0.1) is 22.9 Å². The zero-order valence-electron chi connectivity index (χ0n) is 19.2. The summed E-state index contributed by atoms with van der Waals surface area (Å²) in [7, 11) is 2.12. The van der Waals surface area contributed by atoms with Crippen molar-refractivity contribution in [1.82, 2.24) is 4.90 Å². The fourth-order valence-electron chi connectivity index (χ4n) is 4.70. The lowest BCUT2D eigenvalue weighted by molar-refractivity contribution is -0.137. The number of hydrogen-bond donors (Lipinski definition) is 0. The van der Waals surface area contributed by atoms with Gasteiger partial charge in [-0.3, -0.25) is 9.69 Å². The summed E-state index contributed by atoms with van der Waals surface area (Å²) in [5.74, 6) is 0.0380. The maximum atomic E-state index is 13.5. The Labute approximate surface area is 202 Å². The van der Waals surface area contributed by atoms with E-state index in [0.29, 0.717) is 11.6 Å². The van der Waals surface area contributed by atoms with Gasteiger partial charge in [-0.1, -0.05) is 12.1 Å². The van der Waals surface area contributed by atoms with Crippen LogP contribution >= 0.6 is 12.2 Å². The van der Waals surface area contributed by atoms with E-state index in [9.17, 15) is 18.0 Å². The average molecular weight is 487 g/mol. The number of piperidine rings is 1. The van der Waals surface area contributed by atoms with Gasteiger partial charge in [0.2, 0.25) is 0 Å². The highest BCUT2D eigenvalue weighted by Crippen LogP contribution is 2.40. The predicted molar refractivity (Wildman–Crippen MR) is 129 cm³/mol. The minimum atomic E-state index is -4.73. The van der Waals surface area contributed by atoms with Crippen molar-refractivity contribution in [3.63, 3.8) is 0 Å². The molecule has 0 bridgehead atoms. The molecule has 2 fully saturated rings. The first-order chi connectivity index (χ1) is 15.9. The number of carbonyl (C=O) groups is 1. The zero-order chi connectivity index (χ0) is 24.8. The van der Waals surface area contributed by atoms with Gasteiger partial charge >= 0.3 is 6.18 Å². The molecule has 0 radical (unpaired) electrons. The molecule has 0 N–H and O–H groups in total. The highest BCUT2D eigenvalue weighted by atomic mass is 32.1. The molecule has 0 atom stereocenters. The van der Waals surface area contributed by atoms with E-state index in [1.807, 2.05) is 24.3 Å². The monoisotopic (exact) mass is 486 g/mol. The number of hydrogen-bond acceptors (Lipinski definition) is 4. The van der Waals surface area contributed by atoms with Gasteiger partial charge in [-0.05, 0) is 101 Å². The van der Waals surface area contributed by atoms with Crippen molar-refractivity contribution in [2.24, 2.45) is 0 Å². The number of nitriles is 1. The van der Waals surface area contributed by atoms with Crippen molar-refractivity contribution in [2.75, 3.05) is 29.9 Å². The van der Waals surface area contributed by atoms with E-state index >= 15 is 0 Å². The lowest BCUT2D eigenvalue weighted by atomic mass is 9.89. The lowest BCUT2D eigenvalue weighted by Gasteiger charge is -2.31. The topological polar surface area (TPSA) is 50.6 Å². The SMILES string of the molecule is CN1CCC(c2ccc(N3C(=S)N(c4ccc(C#N)c(C(F)(F)F)c4)C(=O)C3(C)C)cc2)CC1. The Kier molecular flexibility index (Phi) is 6.17. The smallest absolute Gasteiger partial charge is 0.306 e. The quantitative estimate of drug-likeness (QED) is 0.551. The summed E-state index contributed by atoms with van der Waals surface area (Å²) >= 11 is 5.60. The molecule has 0 spiro atoms. The molecule has 5 nitrogen and oxygen atoms in total. The molecule has 0 saturated carbocycles. The molecule has 1 amide bonds. The van der Waals surface area contributed by atoms with E-state index in [4.69, 9.17) is 17.5 Å². The van der Waals surface area contributed by atoms with Gasteiger partial charge in [0.15, 0.2) is 5.11 Å². The molecule has 34 heavy (non-hydrogen) atoms. The number of likely N-dealkylation sites (tertiary alicyclic amines) is 1. The van der Waals surface area contributed by atoms with E-state index in [1.54, 1.807) is 24.8 Å². The van der Waals surface area contributed by atoms with Gasteiger partial charge < -0.3 is 9.80 Å². The molecular weight excluding hydrogens is 461 g/mol. The number of alkyl halides is 3. The van der Waals surface area contributed by atoms with Crippen molar-refractivity contribution in [3.8, 4) is 6.07 Å². The van der Waals surface area contributed by atoms with Crippen molar-refractivity contribution < 1.29 is 18.0 Å². The first-order valence-corrected chi connectivity index (χ1v) is 11.4. The molecule has 2 aliphatic rings. The van der Waals surface area contributed by atoms with Crippen molar-refractivity contribution in [1.29, 1.82) is 5.26 Å². The van der Waals surface area contributed by atoms with Gasteiger partial charge in [-0.2, -0.15) is 18.4 Å². The third-order valence-electron chi connectivity index (χ3n) is 6.70. The van der Waals surface area contributed by atoms with Crippen molar-refractivity contribution in [3.05, 3.63) is 59.2 Å². The summed E-state index contributed by atoms with van der Waals surface area (Å²) < 4.78 is 40.5. The molecule has 2 aromatic carbocycles. The Morgan fingerprint density at radius 1 is 1.06 bits per heavy atom. The molecule has 9 heteroatoms. The standard InChI is InChI=1S/C25H25F3N4OS/c1-24(2)22(33)31(20-9-6-18(15-29)21(14-20)25(26,27)28)23(34)32(24)19-7-4-16(5-8-19)17-10-12-30(3)13-11-17/h4-9,14,17H,10-13H2,1-3H3. The van der Waals surface area contributed by atoms with Crippen LogP contribution in [-0.2, 0) is 11.0 Å². The number of carbonyl (C=O) groups excluding carboxylic acids is 1. The summed E-state index contributed by atoms with van der Waals surface area (Å²) in [5, 5.41) is 9.18. The molecule has 0 aliphatic carbocycles. The second-order valence-corrected chi connectivity index (χ2v) is 9.69. The number of anilines is 2. The maximum absolute atomic E-state index is 13.5. The molecule has 2 saturated heterocycles. The normalized spacial score (nSPS) is 19.6. The Hall–Kier alpha value is -2.96. The lowest BCUT2D eigenvalue weighted by Crippen LogP contribution is -2.44. The van der Waals surface area contributed by atoms with Crippen LogP contribution in [0.5, 0.6) is 0 Å². The number of amides is 1. The van der Waals surface area contributed by atoms with Gasteiger partial charge in [0.25, 0.3) is 5.91 Å². The molecule has 178 valence electrons. The Morgan fingerprint density at radius 2 is 1.65 bits per heavy atom. The van der Waals surface area contributed by atoms with E-state index < -0.39 is 28.7 Å². The van der Waals surface area contributed by atoms with Gasteiger partial charge in [0, 0.05) is 5.69 Å². The first-order valence-electron chi connectivity index (χ1n) is 11.0. The van der Waals surface area contributed by atoms with Crippen LogP contribution in [-0.4, -0.2) is 41.6 Å². The van der Waals surface area contributed by atoms with Gasteiger partial charge in [-0.15, -0.1) is 0 Å². The minimum Gasteiger partial charge on any atom is -0.306 e. The largest absolute Gasteiger partial charge is 0.417 e. The molecule has 4 rings (SSSR count). The van der Waals surface area contributed by atoms with Crippen LogP contribution in [0.2, 0.25) is 0 Å². The average Bonchev–Trinajstić information content (AvgIpc) is 2.97. The van der Waals surface area contributed by atoms with Crippen LogP contribution in [0.1, 0.15) is 49.3 Å². The maximum Gasteiger partial charge on any atom is 0.417 e. The van der Waals surface area contributed by atoms with E-state index in [-0.39, 0.29) is 10.8 Å². The number of halogens is 3. The van der Waals surface area contributed by atoms with E-state index in [0.717, 1.165) is 43.0 Å². The Bertz CT molecular complexity index is 1160. The van der Waals surface area contributed by atoms with E-state index in [1.165, 1.54) is 11.6 Å². The summed E-state index contributed by atoms with van der Waals surface area (Å²) in [4.78, 5) is 18.4. The number of rotatable bonds is 3. The highest BCUT2D eigenvalue weighted by molar-refractivity contribution is 7.81. The van der Waals surface area contributed by atoms with E-state index in [2.05, 4.69) is 11.9 Å². The van der Waals surface area contributed by atoms with Crippen LogP contribution in [0.15, 0.2) is 42.5 Å². The molecule has 2 aliphatic heterocycles. The minimum absolute atomic E-state index is 0.0140. The van der Waals surface area contributed by atoms with Crippen LogP contribution in [0.25, 0.3) is 0 Å². The molecular formula is C25H25F3N4OS. The Morgan fingerprint density at radius 3 is 2.21 bits per heavy atom. The van der Waals surface area contributed by atoms with Crippen LogP contribution in [0.3, 0.4) is 0 Å². The fourth-order valence-corrected chi connectivity index (χ4v) is 5.22. The second kappa shape index (κ2) is 8.67. The van der Waals surface area contributed by atoms with Crippen LogP contribution < -0.4 is 9.80 Å². The Balaban J connectivity index is 1.66. The van der Waals surface area contributed by atoms with Gasteiger partial charge in [0.1, 0.15) is 5.54 Å². The summed E-state index contributed by atoms with van der Waals surface area (Å²) in [6.07, 6.45) is -2.57. The molecule has 0 aromatic heterocycles. The van der Waals surface area contributed by atoms with Gasteiger partial charge in [-0.25, -0.2) is 0 Å². The molecule has 2 aromatic rings. The highest BCUT2D eigenvalue weighted by Gasteiger charge is 2.50. The number of nitrogens with zero attached hydrogens (tertiary/aromatic N) is 4. The van der Waals surface area contributed by atoms with Crippen molar-refractivity contribution in [2.45, 2.75) is 44.3 Å². The molecule has 0 unspecified atom stereocenters. The van der Waals surface area contributed by atoms with Crippen LogP contribution in [0, 0.1) is 11.3 Å². The third kappa shape index (κ3) is 4.17. The molecule has 2 heterocycles. The summed E-state index contributed by atoms with van der Waals surface area (Å²) in [5.41, 5.74) is -0.786. The summed E-state index contributed by atoms with van der Waals surface area (Å²) in [6.45, 7) is 5.48.